The van der Waals surface area contributed by atoms with E-state index in [4.69, 9.17) is 4.74 Å². The van der Waals surface area contributed by atoms with Crippen molar-refractivity contribution in [1.29, 1.82) is 0 Å². The molecule has 0 bridgehead atoms. The lowest BCUT2D eigenvalue weighted by Gasteiger charge is -2.04. The van der Waals surface area contributed by atoms with Gasteiger partial charge in [-0.3, -0.25) is 4.98 Å². The topological polar surface area (TPSA) is 35.0 Å². The van der Waals surface area contributed by atoms with Crippen molar-refractivity contribution in [2.75, 3.05) is 13.2 Å². The van der Waals surface area contributed by atoms with E-state index in [1.807, 2.05) is 6.20 Å². The number of hydrogen-bond acceptors (Lipinski definition) is 3. The van der Waals surface area contributed by atoms with E-state index in [1.54, 1.807) is 6.20 Å². The first-order valence-corrected chi connectivity index (χ1v) is 4.71. The van der Waals surface area contributed by atoms with Gasteiger partial charge in [0.25, 0.3) is 0 Å². The summed E-state index contributed by atoms with van der Waals surface area (Å²) in [6.07, 6.45) is 4.60. The van der Waals surface area contributed by atoms with Crippen molar-refractivity contribution >= 4 is 15.9 Å². The van der Waals surface area contributed by atoms with Crippen molar-refractivity contribution in [1.82, 2.24) is 9.97 Å². The molecule has 12 heavy (non-hydrogen) atoms. The number of ether oxygens (including phenoxy) is 1. The van der Waals surface area contributed by atoms with Gasteiger partial charge in [0.1, 0.15) is 4.60 Å². The Kier molecular flexibility index (Phi) is 2.37. The molecule has 2 heterocycles. The van der Waals surface area contributed by atoms with E-state index in [2.05, 4.69) is 25.9 Å². The molecule has 0 aliphatic carbocycles. The van der Waals surface area contributed by atoms with Crippen molar-refractivity contribution in [3.63, 3.8) is 0 Å². The van der Waals surface area contributed by atoms with Gasteiger partial charge in [-0.25, -0.2) is 4.98 Å². The third-order valence-corrected chi connectivity index (χ3v) is 2.40. The molecule has 4 heteroatoms. The maximum absolute atomic E-state index is 5.26. The van der Waals surface area contributed by atoms with Gasteiger partial charge in [0, 0.05) is 12.5 Å². The quantitative estimate of drug-likeness (QED) is 0.735. The molecule has 0 radical (unpaired) electrons. The van der Waals surface area contributed by atoms with Gasteiger partial charge in [-0.1, -0.05) is 0 Å². The minimum atomic E-state index is 0.450. The summed E-state index contributed by atoms with van der Waals surface area (Å²) in [7, 11) is 0. The van der Waals surface area contributed by atoms with Crippen LogP contribution in [0.25, 0.3) is 0 Å². The molecule has 0 saturated carbocycles. The first kappa shape index (κ1) is 8.13. The summed E-state index contributed by atoms with van der Waals surface area (Å²) in [6.45, 7) is 1.64. The van der Waals surface area contributed by atoms with Gasteiger partial charge in [-0.05, 0) is 22.4 Å². The summed E-state index contributed by atoms with van der Waals surface area (Å²) >= 11 is 3.25. The lowest BCUT2D eigenvalue weighted by molar-refractivity contribution is 0.193. The summed E-state index contributed by atoms with van der Waals surface area (Å²) in [4.78, 5) is 8.39. The van der Waals surface area contributed by atoms with Crippen LogP contribution in [0.5, 0.6) is 0 Å². The van der Waals surface area contributed by atoms with Gasteiger partial charge >= 0.3 is 0 Å². The van der Waals surface area contributed by atoms with Crippen LogP contribution >= 0.6 is 15.9 Å². The smallest absolute Gasteiger partial charge is 0.124 e. The fourth-order valence-corrected chi connectivity index (χ4v) is 1.51. The SMILES string of the molecule is Brc1cnc(C2CCOC2)cn1. The van der Waals surface area contributed by atoms with Crippen LogP contribution in [0.15, 0.2) is 17.0 Å². The van der Waals surface area contributed by atoms with E-state index in [0.29, 0.717) is 5.92 Å². The molecule has 1 fully saturated rings. The van der Waals surface area contributed by atoms with Crippen LogP contribution < -0.4 is 0 Å². The first-order valence-electron chi connectivity index (χ1n) is 3.91. The number of halogens is 1. The predicted molar refractivity (Wildman–Crippen MR) is 47.9 cm³/mol. The van der Waals surface area contributed by atoms with Gasteiger partial charge in [-0.15, -0.1) is 0 Å². The molecular formula is C8H9BrN2O. The Balaban J connectivity index is 2.17. The van der Waals surface area contributed by atoms with Crippen LogP contribution in [0.3, 0.4) is 0 Å². The Morgan fingerprint density at radius 3 is 2.92 bits per heavy atom. The number of nitrogens with zero attached hydrogens (tertiary/aromatic N) is 2. The molecule has 1 aromatic heterocycles. The van der Waals surface area contributed by atoms with Crippen molar-refractivity contribution in [2.24, 2.45) is 0 Å². The zero-order chi connectivity index (χ0) is 8.39. The largest absolute Gasteiger partial charge is 0.381 e. The molecule has 0 aromatic carbocycles. The molecule has 1 aliphatic heterocycles. The highest BCUT2D eigenvalue weighted by molar-refractivity contribution is 9.10. The number of rotatable bonds is 1. The maximum Gasteiger partial charge on any atom is 0.124 e. The van der Waals surface area contributed by atoms with Crippen LogP contribution in [-0.4, -0.2) is 23.2 Å². The third kappa shape index (κ3) is 1.64. The lowest BCUT2D eigenvalue weighted by atomic mass is 10.1. The molecule has 0 spiro atoms. The average Bonchev–Trinajstić information content (AvgIpc) is 2.58. The highest BCUT2D eigenvalue weighted by Crippen LogP contribution is 2.22. The Hall–Kier alpha value is -0.480. The van der Waals surface area contributed by atoms with Gasteiger partial charge in [0.2, 0.25) is 0 Å². The fourth-order valence-electron chi connectivity index (χ4n) is 1.30. The van der Waals surface area contributed by atoms with Gasteiger partial charge < -0.3 is 4.74 Å². The molecule has 0 N–H and O–H groups in total. The lowest BCUT2D eigenvalue weighted by Crippen LogP contribution is -2.00. The molecule has 64 valence electrons. The average molecular weight is 229 g/mol. The summed E-state index contributed by atoms with van der Waals surface area (Å²) in [5, 5.41) is 0. The monoisotopic (exact) mass is 228 g/mol. The molecule has 1 saturated heterocycles. The third-order valence-electron chi connectivity index (χ3n) is 1.99. The predicted octanol–water partition coefficient (Wildman–Crippen LogP) is 1.74. The molecule has 1 unspecified atom stereocenters. The van der Waals surface area contributed by atoms with Crippen LogP contribution in [-0.2, 0) is 4.74 Å². The van der Waals surface area contributed by atoms with Crippen LogP contribution in [0.2, 0.25) is 0 Å². The first-order chi connectivity index (χ1) is 5.86. The molecule has 0 amide bonds. The fraction of sp³-hybridized carbons (Fsp3) is 0.500. The zero-order valence-electron chi connectivity index (χ0n) is 6.53. The molecule has 3 nitrogen and oxygen atoms in total. The van der Waals surface area contributed by atoms with Crippen molar-refractivity contribution < 1.29 is 4.74 Å². The standard InChI is InChI=1S/C8H9BrN2O/c9-8-4-10-7(3-11-8)6-1-2-12-5-6/h3-4,6H,1-2,5H2. The van der Waals surface area contributed by atoms with Gasteiger partial charge in [-0.2, -0.15) is 0 Å². The minimum absolute atomic E-state index is 0.450. The van der Waals surface area contributed by atoms with Crippen molar-refractivity contribution in [2.45, 2.75) is 12.3 Å². The summed E-state index contributed by atoms with van der Waals surface area (Å²) in [6, 6.07) is 0. The highest BCUT2D eigenvalue weighted by Gasteiger charge is 2.18. The van der Waals surface area contributed by atoms with Crippen LogP contribution in [0.4, 0.5) is 0 Å². The number of hydrogen-bond donors (Lipinski definition) is 0. The van der Waals surface area contributed by atoms with E-state index in [9.17, 15) is 0 Å². The van der Waals surface area contributed by atoms with E-state index >= 15 is 0 Å². The van der Waals surface area contributed by atoms with E-state index in [-0.39, 0.29) is 0 Å². The Morgan fingerprint density at radius 1 is 1.42 bits per heavy atom. The summed E-state index contributed by atoms with van der Waals surface area (Å²) in [5.41, 5.74) is 1.04. The molecular weight excluding hydrogens is 220 g/mol. The molecule has 1 aromatic rings. The van der Waals surface area contributed by atoms with Crippen molar-refractivity contribution in [3.05, 3.63) is 22.7 Å². The second-order valence-electron chi connectivity index (χ2n) is 2.82. The highest BCUT2D eigenvalue weighted by atomic mass is 79.9. The Labute approximate surface area is 79.3 Å². The van der Waals surface area contributed by atoms with Crippen molar-refractivity contribution in [3.8, 4) is 0 Å². The van der Waals surface area contributed by atoms with Crippen LogP contribution in [0, 0.1) is 0 Å². The summed E-state index contributed by atoms with van der Waals surface area (Å²) in [5.74, 6) is 0.450. The van der Waals surface area contributed by atoms with E-state index < -0.39 is 0 Å². The normalized spacial score (nSPS) is 22.9. The minimum Gasteiger partial charge on any atom is -0.381 e. The second kappa shape index (κ2) is 3.49. The molecule has 1 atom stereocenters. The van der Waals surface area contributed by atoms with E-state index in [0.717, 1.165) is 29.9 Å². The zero-order valence-corrected chi connectivity index (χ0v) is 8.12. The molecule has 1 aliphatic rings. The number of aromatic nitrogens is 2. The molecule has 2 rings (SSSR count). The Bertz CT molecular complexity index is 256. The van der Waals surface area contributed by atoms with E-state index in [1.165, 1.54) is 0 Å². The Morgan fingerprint density at radius 2 is 2.33 bits per heavy atom. The van der Waals surface area contributed by atoms with Gasteiger partial charge in [0.15, 0.2) is 0 Å². The summed E-state index contributed by atoms with van der Waals surface area (Å²) < 4.78 is 6.04. The maximum atomic E-state index is 5.26. The van der Waals surface area contributed by atoms with Crippen LogP contribution in [0.1, 0.15) is 18.0 Å². The second-order valence-corrected chi connectivity index (χ2v) is 3.64. The van der Waals surface area contributed by atoms with Gasteiger partial charge in [0.05, 0.1) is 24.7 Å².